The summed E-state index contributed by atoms with van der Waals surface area (Å²) in [5.74, 6) is 7.44. The molecule has 0 heterocycles. The van der Waals surface area contributed by atoms with E-state index >= 15 is 0 Å². The van der Waals surface area contributed by atoms with Gasteiger partial charge in [0.05, 0.1) is 8.07 Å². The van der Waals surface area contributed by atoms with E-state index in [-0.39, 0.29) is 0 Å². The maximum atomic E-state index is 3.43. The van der Waals surface area contributed by atoms with Crippen LogP contribution in [0.4, 0.5) is 0 Å². The fraction of sp³-hybridized carbons (Fsp3) is 0.647. The smallest absolute Gasteiger partial charge is 0.0695 e. The highest BCUT2D eigenvalue weighted by Gasteiger charge is 2.56. The third-order valence-electron chi connectivity index (χ3n) is 5.14. The normalized spacial score (nSPS) is 33.4. The summed E-state index contributed by atoms with van der Waals surface area (Å²) in [6.07, 6.45) is 7.18. The molecule has 0 aromatic carbocycles. The van der Waals surface area contributed by atoms with Gasteiger partial charge in [0, 0.05) is 11.0 Å². The van der Waals surface area contributed by atoms with Gasteiger partial charge in [-0.2, -0.15) is 0 Å². The van der Waals surface area contributed by atoms with Gasteiger partial charge in [0.2, 0.25) is 0 Å². The third-order valence-corrected chi connectivity index (χ3v) is 6.31. The summed E-state index contributed by atoms with van der Waals surface area (Å²) in [7, 11) is -1.10. The minimum Gasteiger partial charge on any atom is -0.0868 e. The lowest BCUT2D eigenvalue weighted by Gasteiger charge is -2.35. The Morgan fingerprint density at radius 2 is 1.94 bits per heavy atom. The van der Waals surface area contributed by atoms with Crippen molar-refractivity contribution in [2.45, 2.75) is 53.3 Å². The van der Waals surface area contributed by atoms with E-state index in [1.807, 2.05) is 0 Å². The lowest BCUT2D eigenvalue weighted by molar-refractivity contribution is 0.175. The summed E-state index contributed by atoms with van der Waals surface area (Å²) < 4.78 is 0. The molecule has 0 aromatic heterocycles. The van der Waals surface area contributed by atoms with E-state index in [0.717, 1.165) is 5.92 Å². The summed E-state index contributed by atoms with van der Waals surface area (Å²) in [6.45, 7) is 14.2. The molecule has 98 valence electrons. The highest BCUT2D eigenvalue weighted by atomic mass is 28.3. The van der Waals surface area contributed by atoms with E-state index in [4.69, 9.17) is 0 Å². The average molecular weight is 258 g/mol. The minimum atomic E-state index is -1.10. The fourth-order valence-corrected chi connectivity index (χ4v) is 3.87. The number of hydrogen-bond donors (Lipinski definition) is 0. The molecule has 0 radical (unpaired) electrons. The van der Waals surface area contributed by atoms with Gasteiger partial charge in [-0.05, 0) is 30.3 Å². The summed E-state index contributed by atoms with van der Waals surface area (Å²) in [5.41, 5.74) is 4.43. The second-order valence-electron chi connectivity index (χ2n) is 7.75. The van der Waals surface area contributed by atoms with Gasteiger partial charge in [-0.25, -0.2) is 0 Å². The Kier molecular flexibility index (Phi) is 3.14. The molecule has 2 bridgehead atoms. The van der Waals surface area contributed by atoms with Crippen molar-refractivity contribution in [2.75, 3.05) is 0 Å². The first kappa shape index (κ1) is 13.7. The first-order chi connectivity index (χ1) is 8.17. The van der Waals surface area contributed by atoms with E-state index in [2.05, 4.69) is 70.1 Å². The molecule has 2 atom stereocenters. The Hall–Kier alpha value is -0.743. The van der Waals surface area contributed by atoms with Crippen LogP contribution in [0, 0.1) is 28.6 Å². The summed E-state index contributed by atoms with van der Waals surface area (Å²) in [6, 6.07) is 0. The highest BCUT2D eigenvalue weighted by molar-refractivity contribution is 6.81. The number of rotatable bonds is 1. The molecule has 1 saturated carbocycles. The summed E-state index contributed by atoms with van der Waals surface area (Å²) in [4.78, 5) is 0. The maximum absolute atomic E-state index is 3.43. The van der Waals surface area contributed by atoms with Crippen LogP contribution >= 0.6 is 0 Å². The second-order valence-corrected chi connectivity index (χ2v) is 12.8. The molecule has 0 amide bonds. The summed E-state index contributed by atoms with van der Waals surface area (Å²) >= 11 is 0. The molecule has 0 spiro atoms. The van der Waals surface area contributed by atoms with Crippen LogP contribution in [0.1, 0.15) is 33.6 Å². The van der Waals surface area contributed by atoms with Crippen LogP contribution < -0.4 is 0 Å². The van der Waals surface area contributed by atoms with Gasteiger partial charge in [0.1, 0.15) is 0 Å². The van der Waals surface area contributed by atoms with E-state index < -0.39 is 8.07 Å². The molecule has 2 unspecified atom stereocenters. The topological polar surface area (TPSA) is 0 Å². The van der Waals surface area contributed by atoms with Gasteiger partial charge >= 0.3 is 0 Å². The lowest BCUT2D eigenvalue weighted by atomic mass is 9.67. The Labute approximate surface area is 114 Å². The van der Waals surface area contributed by atoms with Crippen LogP contribution in [0.25, 0.3) is 0 Å². The molecule has 0 aromatic rings. The number of hydrogen-bond acceptors (Lipinski definition) is 0. The Balaban J connectivity index is 2.17. The van der Waals surface area contributed by atoms with E-state index in [0.29, 0.717) is 10.8 Å². The van der Waals surface area contributed by atoms with Gasteiger partial charge in [0.25, 0.3) is 0 Å². The predicted molar refractivity (Wildman–Crippen MR) is 83.0 cm³/mol. The van der Waals surface area contributed by atoms with E-state index in [9.17, 15) is 0 Å². The number of allylic oxidation sites excluding steroid dienone is 3. The molecule has 1 fully saturated rings. The van der Waals surface area contributed by atoms with Crippen molar-refractivity contribution < 1.29 is 0 Å². The molecule has 0 saturated heterocycles. The fourth-order valence-electron chi connectivity index (χ4n) is 3.29. The van der Waals surface area contributed by atoms with Crippen molar-refractivity contribution in [3.63, 3.8) is 0 Å². The molecule has 0 aliphatic heterocycles. The molecule has 18 heavy (non-hydrogen) atoms. The summed E-state index contributed by atoms with van der Waals surface area (Å²) in [5, 5.41) is 0. The van der Waals surface area contributed by atoms with Crippen LogP contribution in [0.15, 0.2) is 23.4 Å². The zero-order chi connectivity index (χ0) is 13.6. The van der Waals surface area contributed by atoms with Crippen LogP contribution in [-0.4, -0.2) is 8.07 Å². The Morgan fingerprint density at radius 3 is 2.39 bits per heavy atom. The van der Waals surface area contributed by atoms with E-state index in [1.54, 1.807) is 0 Å². The van der Waals surface area contributed by atoms with Crippen LogP contribution in [-0.2, 0) is 0 Å². The molecule has 2 rings (SSSR count). The monoisotopic (exact) mass is 258 g/mol. The van der Waals surface area contributed by atoms with Crippen LogP contribution in [0.3, 0.4) is 0 Å². The average Bonchev–Trinajstić information content (AvgIpc) is 2.55. The van der Waals surface area contributed by atoms with Crippen molar-refractivity contribution in [3.05, 3.63) is 23.4 Å². The minimum absolute atomic E-state index is 0.317. The Morgan fingerprint density at radius 1 is 1.28 bits per heavy atom. The van der Waals surface area contributed by atoms with Crippen molar-refractivity contribution in [3.8, 4) is 11.8 Å². The zero-order valence-corrected chi connectivity index (χ0v) is 13.7. The van der Waals surface area contributed by atoms with Crippen LogP contribution in [0.2, 0.25) is 19.6 Å². The van der Waals surface area contributed by atoms with Crippen LogP contribution in [0.5, 0.6) is 0 Å². The molecule has 2 aliphatic carbocycles. The second kappa shape index (κ2) is 4.13. The maximum Gasteiger partial charge on any atom is 0.0695 e. The number of fused-ring (bicyclic) bond motifs is 2. The third kappa shape index (κ3) is 2.12. The van der Waals surface area contributed by atoms with Gasteiger partial charge in [0.15, 0.2) is 0 Å². The molecule has 0 N–H and O–H groups in total. The highest BCUT2D eigenvalue weighted by Crippen LogP contribution is 2.64. The first-order valence-corrected chi connectivity index (χ1v) is 10.7. The van der Waals surface area contributed by atoms with Crippen molar-refractivity contribution in [1.82, 2.24) is 0 Å². The Bertz CT molecular complexity index is 462. The van der Waals surface area contributed by atoms with Gasteiger partial charge in [-0.3, -0.25) is 0 Å². The predicted octanol–water partition coefficient (Wildman–Crippen LogP) is 4.81. The molecule has 1 heteroatoms. The lowest BCUT2D eigenvalue weighted by Crippen LogP contribution is -2.29. The van der Waals surface area contributed by atoms with Gasteiger partial charge in [-0.15, -0.1) is 0 Å². The van der Waals surface area contributed by atoms with Gasteiger partial charge in [-0.1, -0.05) is 64.0 Å². The molecular weight excluding hydrogens is 232 g/mol. The quantitative estimate of drug-likeness (QED) is 0.468. The van der Waals surface area contributed by atoms with Crippen molar-refractivity contribution in [1.29, 1.82) is 0 Å². The molecular formula is C17H26Si. The van der Waals surface area contributed by atoms with Crippen molar-refractivity contribution >= 4 is 8.07 Å². The zero-order valence-electron chi connectivity index (χ0n) is 12.7. The molecule has 0 nitrogen and oxygen atoms in total. The standard InChI is InChI=1S/C17H26Si/c1-16(2)14-10-11-17(16,3)15(13-14)9-7-8-12-18(4,5)6/h8,12-14H,10-11H2,1-6H3/b12-8+. The first-order valence-electron chi connectivity index (χ1n) is 7.08. The van der Waals surface area contributed by atoms with Gasteiger partial charge < -0.3 is 0 Å². The van der Waals surface area contributed by atoms with E-state index in [1.165, 1.54) is 18.4 Å². The largest absolute Gasteiger partial charge is 0.0868 e. The SMILES string of the molecule is CC12CCC(C=C1C#C/C=C/[Si](C)(C)C)C2(C)C. The van der Waals surface area contributed by atoms with Crippen molar-refractivity contribution in [2.24, 2.45) is 16.7 Å². The molecule has 2 aliphatic rings.